The number of nitriles is 1. The predicted octanol–water partition coefficient (Wildman–Crippen LogP) is 3.44. The van der Waals surface area contributed by atoms with Crippen LogP contribution < -0.4 is 5.32 Å². The molecule has 0 saturated carbocycles. The van der Waals surface area contributed by atoms with E-state index in [0.717, 1.165) is 0 Å². The van der Waals surface area contributed by atoms with Gasteiger partial charge in [0.25, 0.3) is 0 Å². The molecule has 0 aliphatic heterocycles. The standard InChI is InChI=1S/C12H9BrFN3/c1-2-16-11-7(5-15)6-17-12-8(13)3-4-9(14)10(11)12/h3-4,6H,2H2,1H3,(H,16,17). The van der Waals surface area contributed by atoms with Crippen molar-refractivity contribution in [3.8, 4) is 6.07 Å². The lowest BCUT2D eigenvalue weighted by molar-refractivity contribution is 0.639. The number of halogens is 2. The number of nitrogens with one attached hydrogen (secondary N) is 1. The maximum absolute atomic E-state index is 13.9. The SMILES string of the molecule is CCNc1c(C#N)cnc2c(Br)ccc(F)c12. The summed E-state index contributed by atoms with van der Waals surface area (Å²) in [5, 5.41) is 12.4. The Kier molecular flexibility index (Phi) is 3.25. The van der Waals surface area contributed by atoms with Crippen molar-refractivity contribution in [3.05, 3.63) is 34.2 Å². The number of aromatic nitrogens is 1. The van der Waals surface area contributed by atoms with Crippen molar-refractivity contribution in [2.45, 2.75) is 6.92 Å². The molecule has 0 aliphatic carbocycles. The molecule has 2 rings (SSSR count). The van der Waals surface area contributed by atoms with E-state index >= 15 is 0 Å². The molecule has 0 unspecified atom stereocenters. The van der Waals surface area contributed by atoms with Crippen LogP contribution in [0, 0.1) is 17.1 Å². The maximum atomic E-state index is 13.9. The van der Waals surface area contributed by atoms with Crippen molar-refractivity contribution in [2.75, 3.05) is 11.9 Å². The molecule has 1 heterocycles. The van der Waals surface area contributed by atoms with Gasteiger partial charge in [0.2, 0.25) is 0 Å². The molecule has 0 spiro atoms. The van der Waals surface area contributed by atoms with Crippen molar-refractivity contribution in [1.82, 2.24) is 4.98 Å². The molecule has 86 valence electrons. The molecule has 0 amide bonds. The van der Waals surface area contributed by atoms with Crippen LogP contribution in [0.3, 0.4) is 0 Å². The lowest BCUT2D eigenvalue weighted by Gasteiger charge is -2.10. The van der Waals surface area contributed by atoms with Crippen LogP contribution in [0.1, 0.15) is 12.5 Å². The molecule has 0 bridgehead atoms. The fourth-order valence-electron chi connectivity index (χ4n) is 1.68. The third kappa shape index (κ3) is 1.96. The Balaban J connectivity index is 2.89. The van der Waals surface area contributed by atoms with Gasteiger partial charge in [-0.05, 0) is 35.0 Å². The number of pyridine rings is 1. The molecule has 3 nitrogen and oxygen atoms in total. The lowest BCUT2D eigenvalue weighted by atomic mass is 10.1. The molecule has 0 radical (unpaired) electrons. The zero-order valence-corrected chi connectivity index (χ0v) is 10.7. The second kappa shape index (κ2) is 4.68. The predicted molar refractivity (Wildman–Crippen MR) is 68.3 cm³/mol. The van der Waals surface area contributed by atoms with E-state index in [0.29, 0.717) is 33.2 Å². The zero-order chi connectivity index (χ0) is 12.4. The van der Waals surface area contributed by atoms with Crippen LogP contribution in [0.4, 0.5) is 10.1 Å². The van der Waals surface area contributed by atoms with Crippen molar-refractivity contribution in [2.24, 2.45) is 0 Å². The molecule has 2 aromatic rings. The van der Waals surface area contributed by atoms with E-state index in [9.17, 15) is 4.39 Å². The summed E-state index contributed by atoms with van der Waals surface area (Å²) < 4.78 is 14.6. The van der Waals surface area contributed by atoms with Crippen LogP contribution in [0.25, 0.3) is 10.9 Å². The quantitative estimate of drug-likeness (QED) is 0.923. The normalized spacial score (nSPS) is 10.2. The third-order valence-corrected chi connectivity index (χ3v) is 3.03. The molecular formula is C12H9BrFN3. The average Bonchev–Trinajstić information content (AvgIpc) is 2.34. The highest BCUT2D eigenvalue weighted by atomic mass is 79.9. The highest BCUT2D eigenvalue weighted by molar-refractivity contribution is 9.10. The topological polar surface area (TPSA) is 48.7 Å². The Hall–Kier alpha value is -1.67. The molecular weight excluding hydrogens is 285 g/mol. The Labute approximate surface area is 106 Å². The zero-order valence-electron chi connectivity index (χ0n) is 9.09. The average molecular weight is 294 g/mol. The van der Waals surface area contributed by atoms with Gasteiger partial charge in [-0.2, -0.15) is 5.26 Å². The lowest BCUT2D eigenvalue weighted by Crippen LogP contribution is -2.02. The Morgan fingerprint density at radius 2 is 2.29 bits per heavy atom. The Bertz CT molecular complexity index is 619. The molecule has 0 atom stereocenters. The number of fused-ring (bicyclic) bond motifs is 1. The second-order valence-electron chi connectivity index (χ2n) is 3.44. The van der Waals surface area contributed by atoms with E-state index in [1.54, 1.807) is 6.07 Å². The van der Waals surface area contributed by atoms with Crippen molar-refractivity contribution in [3.63, 3.8) is 0 Å². The maximum Gasteiger partial charge on any atom is 0.134 e. The number of hydrogen-bond acceptors (Lipinski definition) is 3. The van der Waals surface area contributed by atoms with Gasteiger partial charge in [0.15, 0.2) is 0 Å². The molecule has 1 aromatic carbocycles. The van der Waals surface area contributed by atoms with E-state index in [4.69, 9.17) is 5.26 Å². The first-order chi connectivity index (χ1) is 8.19. The highest BCUT2D eigenvalue weighted by Crippen LogP contribution is 2.32. The Morgan fingerprint density at radius 3 is 2.94 bits per heavy atom. The van der Waals surface area contributed by atoms with Crippen LogP contribution in [-0.4, -0.2) is 11.5 Å². The summed E-state index contributed by atoms with van der Waals surface area (Å²) in [4.78, 5) is 4.11. The van der Waals surface area contributed by atoms with E-state index in [1.807, 2.05) is 13.0 Å². The van der Waals surface area contributed by atoms with E-state index in [2.05, 4.69) is 26.2 Å². The van der Waals surface area contributed by atoms with Crippen molar-refractivity contribution >= 4 is 32.5 Å². The summed E-state index contributed by atoms with van der Waals surface area (Å²) in [7, 11) is 0. The summed E-state index contributed by atoms with van der Waals surface area (Å²) >= 11 is 3.32. The molecule has 17 heavy (non-hydrogen) atoms. The van der Waals surface area contributed by atoms with Gasteiger partial charge < -0.3 is 5.32 Å². The first kappa shape index (κ1) is 11.8. The van der Waals surface area contributed by atoms with E-state index in [-0.39, 0.29) is 5.82 Å². The van der Waals surface area contributed by atoms with Crippen LogP contribution in [0.15, 0.2) is 22.8 Å². The minimum Gasteiger partial charge on any atom is -0.384 e. The van der Waals surface area contributed by atoms with Crippen molar-refractivity contribution in [1.29, 1.82) is 5.26 Å². The van der Waals surface area contributed by atoms with Crippen LogP contribution >= 0.6 is 15.9 Å². The summed E-state index contributed by atoms with van der Waals surface area (Å²) in [5.74, 6) is -0.385. The number of nitrogens with zero attached hydrogens (tertiary/aromatic N) is 2. The summed E-state index contributed by atoms with van der Waals surface area (Å²) in [6.07, 6.45) is 1.45. The molecule has 0 saturated heterocycles. The van der Waals surface area contributed by atoms with E-state index in [1.165, 1.54) is 12.3 Å². The molecule has 1 N–H and O–H groups in total. The number of anilines is 1. The molecule has 5 heteroatoms. The van der Waals surface area contributed by atoms with Gasteiger partial charge in [0.05, 0.1) is 22.2 Å². The minimum atomic E-state index is -0.385. The van der Waals surface area contributed by atoms with Gasteiger partial charge >= 0.3 is 0 Å². The first-order valence-electron chi connectivity index (χ1n) is 5.09. The van der Waals surface area contributed by atoms with Gasteiger partial charge in [0, 0.05) is 17.2 Å². The summed E-state index contributed by atoms with van der Waals surface area (Å²) in [5.41, 5.74) is 1.36. The fourth-order valence-corrected chi connectivity index (χ4v) is 2.11. The van der Waals surface area contributed by atoms with Gasteiger partial charge in [-0.3, -0.25) is 4.98 Å². The summed E-state index contributed by atoms with van der Waals surface area (Å²) in [6, 6.07) is 4.97. The van der Waals surface area contributed by atoms with Gasteiger partial charge in [0.1, 0.15) is 11.9 Å². The molecule has 1 aromatic heterocycles. The fraction of sp³-hybridized carbons (Fsp3) is 0.167. The number of benzene rings is 1. The van der Waals surface area contributed by atoms with Crippen molar-refractivity contribution < 1.29 is 4.39 Å². The van der Waals surface area contributed by atoms with Crippen LogP contribution in [-0.2, 0) is 0 Å². The number of rotatable bonds is 2. The van der Waals surface area contributed by atoms with Gasteiger partial charge in [-0.1, -0.05) is 0 Å². The molecule has 0 aliphatic rings. The van der Waals surface area contributed by atoms with E-state index < -0.39 is 0 Å². The first-order valence-corrected chi connectivity index (χ1v) is 5.89. The Morgan fingerprint density at radius 1 is 1.53 bits per heavy atom. The minimum absolute atomic E-state index is 0.344. The van der Waals surface area contributed by atoms with Gasteiger partial charge in [-0.25, -0.2) is 4.39 Å². The van der Waals surface area contributed by atoms with Crippen LogP contribution in [0.5, 0.6) is 0 Å². The summed E-state index contributed by atoms with van der Waals surface area (Å²) in [6.45, 7) is 2.50. The largest absolute Gasteiger partial charge is 0.384 e. The monoisotopic (exact) mass is 293 g/mol. The van der Waals surface area contributed by atoms with Gasteiger partial charge in [-0.15, -0.1) is 0 Å². The third-order valence-electron chi connectivity index (χ3n) is 2.39. The smallest absolute Gasteiger partial charge is 0.134 e. The van der Waals surface area contributed by atoms with Crippen LogP contribution in [0.2, 0.25) is 0 Å². The number of hydrogen-bond donors (Lipinski definition) is 1. The molecule has 0 fully saturated rings. The second-order valence-corrected chi connectivity index (χ2v) is 4.30. The highest BCUT2D eigenvalue weighted by Gasteiger charge is 2.14.